The maximum atomic E-state index is 12.9. The molecule has 0 heterocycles. The van der Waals surface area contributed by atoms with Crippen LogP contribution in [0.3, 0.4) is 0 Å². The average molecular weight is 998 g/mol. The lowest BCUT2D eigenvalue weighted by Gasteiger charge is -2.18. The van der Waals surface area contributed by atoms with E-state index in [0.717, 1.165) is 64.2 Å². The molecule has 0 radical (unpaired) electrons. The number of carbonyl (C=O) groups is 3. The first-order valence-electron chi connectivity index (χ1n) is 31.5. The number of hydrogen-bond acceptors (Lipinski definition) is 6. The second kappa shape index (κ2) is 60.2. The summed E-state index contributed by atoms with van der Waals surface area (Å²) in [4.78, 5) is 38.3. The van der Waals surface area contributed by atoms with Crippen LogP contribution in [0.5, 0.6) is 0 Å². The van der Waals surface area contributed by atoms with Crippen molar-refractivity contribution in [3.8, 4) is 0 Å². The van der Waals surface area contributed by atoms with Crippen LogP contribution in [0.15, 0.2) is 36.5 Å². The van der Waals surface area contributed by atoms with Gasteiger partial charge in [-0.2, -0.15) is 0 Å². The van der Waals surface area contributed by atoms with Crippen LogP contribution in [0, 0.1) is 0 Å². The number of rotatable bonds is 58. The van der Waals surface area contributed by atoms with E-state index in [1.54, 1.807) is 0 Å². The Labute approximate surface area is 442 Å². The van der Waals surface area contributed by atoms with Crippen LogP contribution in [0.2, 0.25) is 0 Å². The van der Waals surface area contributed by atoms with E-state index in [0.29, 0.717) is 19.3 Å². The van der Waals surface area contributed by atoms with Crippen molar-refractivity contribution in [2.75, 3.05) is 13.2 Å². The van der Waals surface area contributed by atoms with E-state index in [1.165, 1.54) is 238 Å². The van der Waals surface area contributed by atoms with Crippen LogP contribution < -0.4 is 0 Å². The molecule has 71 heavy (non-hydrogen) atoms. The van der Waals surface area contributed by atoms with Gasteiger partial charge in [-0.05, 0) is 77.0 Å². The first-order chi connectivity index (χ1) is 35.0. The van der Waals surface area contributed by atoms with Gasteiger partial charge in [0.05, 0.1) is 0 Å². The molecule has 0 aromatic heterocycles. The Morgan fingerprint density at radius 1 is 0.282 bits per heavy atom. The third-order valence-corrected chi connectivity index (χ3v) is 14.1. The molecular formula is C65H120O6. The van der Waals surface area contributed by atoms with Crippen molar-refractivity contribution < 1.29 is 28.6 Å². The second-order valence-corrected chi connectivity index (χ2v) is 21.3. The van der Waals surface area contributed by atoms with Crippen LogP contribution in [-0.2, 0) is 28.6 Å². The Hall–Kier alpha value is -2.37. The lowest BCUT2D eigenvalue weighted by Crippen LogP contribution is -2.30. The van der Waals surface area contributed by atoms with E-state index < -0.39 is 6.10 Å². The highest BCUT2D eigenvalue weighted by Gasteiger charge is 2.19. The number of unbranched alkanes of at least 4 members (excludes halogenated alkanes) is 41. The molecule has 6 heteroatoms. The van der Waals surface area contributed by atoms with Crippen molar-refractivity contribution >= 4 is 17.9 Å². The monoisotopic (exact) mass is 997 g/mol. The molecule has 0 aliphatic rings. The minimum Gasteiger partial charge on any atom is -0.462 e. The van der Waals surface area contributed by atoms with Gasteiger partial charge in [0.25, 0.3) is 0 Å². The standard InChI is InChI=1S/C65H120O6/c1-4-7-10-13-16-19-22-25-28-30-32-34-37-40-43-46-49-52-55-58-64(67)70-61-62(60-69-63(66)57-54-51-48-45-42-39-36-27-24-21-18-15-12-9-6-3)71-65(68)59-56-53-50-47-44-41-38-35-33-31-29-26-23-20-17-14-11-8-5-2/h16,19,25-26,28-29,62H,4-15,17-18,20-24,27,30-61H2,1-3H3/b19-16-,28-25-,29-26-. The summed E-state index contributed by atoms with van der Waals surface area (Å²) in [5.74, 6) is -0.853. The highest BCUT2D eigenvalue weighted by Crippen LogP contribution is 2.17. The van der Waals surface area contributed by atoms with Crippen molar-refractivity contribution in [1.29, 1.82) is 0 Å². The zero-order valence-corrected chi connectivity index (χ0v) is 47.8. The molecule has 0 spiro atoms. The van der Waals surface area contributed by atoms with E-state index in [2.05, 4.69) is 57.2 Å². The number of esters is 3. The highest BCUT2D eigenvalue weighted by molar-refractivity contribution is 5.71. The van der Waals surface area contributed by atoms with E-state index in [-0.39, 0.29) is 31.1 Å². The van der Waals surface area contributed by atoms with E-state index in [1.807, 2.05) is 0 Å². The molecule has 0 rings (SSSR count). The first-order valence-corrected chi connectivity index (χ1v) is 31.5. The molecule has 0 saturated carbocycles. The SMILES string of the molecule is CCCCC/C=C\C/C=C\CCCCCCCCCCCC(=O)OCC(COC(=O)CCCCCCCCCCCCCCCCC)OC(=O)CCCCCCCCCCC/C=C\CCCCCCCC. The summed E-state index contributed by atoms with van der Waals surface area (Å²) in [5.41, 5.74) is 0. The molecular weight excluding hydrogens is 877 g/mol. The fourth-order valence-electron chi connectivity index (χ4n) is 9.35. The molecule has 1 unspecified atom stereocenters. The van der Waals surface area contributed by atoms with Crippen LogP contribution in [-0.4, -0.2) is 37.2 Å². The number of allylic oxidation sites excluding steroid dienone is 6. The molecule has 0 bridgehead atoms. The van der Waals surface area contributed by atoms with Gasteiger partial charge in [0, 0.05) is 19.3 Å². The first kappa shape index (κ1) is 68.6. The van der Waals surface area contributed by atoms with Gasteiger partial charge in [0.15, 0.2) is 6.10 Å². The highest BCUT2D eigenvalue weighted by atomic mass is 16.6. The Balaban J connectivity index is 4.33. The van der Waals surface area contributed by atoms with Crippen molar-refractivity contribution in [2.24, 2.45) is 0 Å². The maximum absolute atomic E-state index is 12.9. The normalized spacial score (nSPS) is 12.2. The van der Waals surface area contributed by atoms with Gasteiger partial charge in [-0.1, -0.05) is 282 Å². The largest absolute Gasteiger partial charge is 0.462 e. The van der Waals surface area contributed by atoms with Crippen LogP contribution >= 0.6 is 0 Å². The van der Waals surface area contributed by atoms with Gasteiger partial charge in [-0.25, -0.2) is 0 Å². The summed E-state index contributed by atoms with van der Waals surface area (Å²) in [6.07, 6.45) is 72.8. The zero-order chi connectivity index (χ0) is 51.4. The third-order valence-electron chi connectivity index (χ3n) is 14.1. The Bertz CT molecular complexity index is 1190. The molecule has 0 aliphatic carbocycles. The fourth-order valence-corrected chi connectivity index (χ4v) is 9.35. The van der Waals surface area contributed by atoms with Gasteiger partial charge in [-0.15, -0.1) is 0 Å². The predicted molar refractivity (Wildman–Crippen MR) is 307 cm³/mol. The quantitative estimate of drug-likeness (QED) is 0.0261. The Morgan fingerprint density at radius 2 is 0.507 bits per heavy atom. The summed E-state index contributed by atoms with van der Waals surface area (Å²) in [6.45, 7) is 6.66. The van der Waals surface area contributed by atoms with Crippen LogP contribution in [0.1, 0.15) is 342 Å². The summed E-state index contributed by atoms with van der Waals surface area (Å²) in [5, 5.41) is 0. The number of hydrogen-bond donors (Lipinski definition) is 0. The number of ether oxygens (including phenoxy) is 3. The van der Waals surface area contributed by atoms with Gasteiger partial charge in [-0.3, -0.25) is 14.4 Å². The van der Waals surface area contributed by atoms with Crippen LogP contribution in [0.4, 0.5) is 0 Å². The van der Waals surface area contributed by atoms with E-state index in [4.69, 9.17) is 14.2 Å². The summed E-state index contributed by atoms with van der Waals surface area (Å²) >= 11 is 0. The number of carbonyl (C=O) groups excluding carboxylic acids is 3. The van der Waals surface area contributed by atoms with Gasteiger partial charge in [0.1, 0.15) is 13.2 Å². The van der Waals surface area contributed by atoms with E-state index in [9.17, 15) is 14.4 Å². The summed E-state index contributed by atoms with van der Waals surface area (Å²) in [6, 6.07) is 0. The molecule has 1 atom stereocenters. The molecule has 0 fully saturated rings. The molecule has 416 valence electrons. The van der Waals surface area contributed by atoms with E-state index >= 15 is 0 Å². The lowest BCUT2D eigenvalue weighted by atomic mass is 10.0. The average Bonchev–Trinajstić information content (AvgIpc) is 3.37. The van der Waals surface area contributed by atoms with Crippen LogP contribution in [0.25, 0.3) is 0 Å². The maximum Gasteiger partial charge on any atom is 0.306 e. The lowest BCUT2D eigenvalue weighted by molar-refractivity contribution is -0.167. The summed E-state index contributed by atoms with van der Waals surface area (Å²) < 4.78 is 16.9. The van der Waals surface area contributed by atoms with Gasteiger partial charge in [0.2, 0.25) is 0 Å². The molecule has 0 saturated heterocycles. The van der Waals surface area contributed by atoms with Crippen molar-refractivity contribution in [1.82, 2.24) is 0 Å². The van der Waals surface area contributed by atoms with Gasteiger partial charge >= 0.3 is 17.9 Å². The van der Waals surface area contributed by atoms with Gasteiger partial charge < -0.3 is 14.2 Å². The zero-order valence-electron chi connectivity index (χ0n) is 47.8. The topological polar surface area (TPSA) is 78.9 Å². The molecule has 0 aliphatic heterocycles. The molecule has 0 aromatic carbocycles. The second-order valence-electron chi connectivity index (χ2n) is 21.3. The minimum atomic E-state index is -0.773. The molecule has 0 aromatic rings. The van der Waals surface area contributed by atoms with Crippen molar-refractivity contribution in [2.45, 2.75) is 348 Å². The third kappa shape index (κ3) is 58.4. The van der Waals surface area contributed by atoms with Crippen molar-refractivity contribution in [3.05, 3.63) is 36.5 Å². The molecule has 0 amide bonds. The summed E-state index contributed by atoms with van der Waals surface area (Å²) in [7, 11) is 0. The predicted octanol–water partition coefficient (Wildman–Crippen LogP) is 21.2. The Kier molecular flexibility index (Phi) is 58.2. The molecule has 6 nitrogen and oxygen atoms in total. The smallest absolute Gasteiger partial charge is 0.306 e. The minimum absolute atomic E-state index is 0.0698. The van der Waals surface area contributed by atoms with Crippen molar-refractivity contribution in [3.63, 3.8) is 0 Å². The fraction of sp³-hybridized carbons (Fsp3) is 0.862. The molecule has 0 N–H and O–H groups in total. The Morgan fingerprint density at radius 3 is 0.817 bits per heavy atom.